The quantitative estimate of drug-likeness (QED) is 0.167. The van der Waals surface area contributed by atoms with Gasteiger partial charge in [-0.3, -0.25) is 14.4 Å². The zero-order valence-corrected chi connectivity index (χ0v) is 29.4. The fourth-order valence-corrected chi connectivity index (χ4v) is 6.68. The number of nitrogens with one attached hydrogen (secondary N) is 4. The molecule has 5 rings (SSSR count). The molecule has 13 heteroatoms. The number of aromatic nitrogens is 1. The largest absolute Gasteiger partial charge is 0.361 e. The van der Waals surface area contributed by atoms with Crippen LogP contribution in [0.25, 0.3) is 10.9 Å². The van der Waals surface area contributed by atoms with E-state index in [1.807, 2.05) is 36.4 Å². The molecule has 2 unspecified atom stereocenters. The highest BCUT2D eigenvalue weighted by atomic mass is 32.2. The van der Waals surface area contributed by atoms with Crippen molar-refractivity contribution in [2.24, 2.45) is 11.5 Å². The maximum atomic E-state index is 15.3. The Labute approximate surface area is 296 Å². The molecule has 2 heterocycles. The Morgan fingerprint density at radius 2 is 1.56 bits per heavy atom. The lowest BCUT2D eigenvalue weighted by molar-refractivity contribution is -0.139. The van der Waals surface area contributed by atoms with E-state index in [2.05, 4.69) is 27.9 Å². The summed E-state index contributed by atoms with van der Waals surface area (Å²) in [7, 11) is 1.49. The maximum Gasteiger partial charge on any atom is 0.243 e. The van der Waals surface area contributed by atoms with E-state index in [0.29, 0.717) is 24.3 Å². The first-order chi connectivity index (χ1) is 24.2. The lowest BCUT2D eigenvalue weighted by Gasteiger charge is -2.28. The Morgan fingerprint density at radius 1 is 0.860 bits per heavy atom. The van der Waals surface area contributed by atoms with Crippen LogP contribution in [-0.4, -0.2) is 66.4 Å². The van der Waals surface area contributed by atoms with Crippen LogP contribution in [0.2, 0.25) is 0 Å². The first-order valence-electron chi connectivity index (χ1n) is 16.9. The van der Waals surface area contributed by atoms with Gasteiger partial charge in [0.25, 0.3) is 0 Å². The molecule has 3 aromatic carbocycles. The highest BCUT2D eigenvalue weighted by Crippen LogP contribution is 2.36. The summed E-state index contributed by atoms with van der Waals surface area (Å²) in [5, 5.41) is 9.61. The van der Waals surface area contributed by atoms with Gasteiger partial charge in [0.1, 0.15) is 17.7 Å². The molecule has 0 fully saturated rings. The number of aromatic amines is 1. The number of hydrogen-bond donors (Lipinski definition) is 6. The lowest BCUT2D eigenvalue weighted by atomic mass is 10.0. The van der Waals surface area contributed by atoms with Gasteiger partial charge in [-0.25, -0.2) is 8.78 Å². The van der Waals surface area contributed by atoms with E-state index in [-0.39, 0.29) is 42.4 Å². The third-order valence-electron chi connectivity index (χ3n) is 8.55. The molecule has 3 amide bonds. The highest BCUT2D eigenvalue weighted by molar-refractivity contribution is 7.99. The van der Waals surface area contributed by atoms with E-state index in [9.17, 15) is 14.4 Å². The van der Waals surface area contributed by atoms with Crippen molar-refractivity contribution in [3.05, 3.63) is 95.2 Å². The number of nitrogens with zero attached hydrogens (tertiary/aromatic N) is 1. The molecule has 50 heavy (non-hydrogen) atoms. The number of fused-ring (bicyclic) bond motifs is 3. The summed E-state index contributed by atoms with van der Waals surface area (Å²) in [5.74, 6) is -2.70. The topological polar surface area (TPSA) is 158 Å². The van der Waals surface area contributed by atoms with E-state index >= 15 is 8.78 Å². The van der Waals surface area contributed by atoms with Gasteiger partial charge in [0.15, 0.2) is 0 Å². The second-order valence-corrected chi connectivity index (χ2v) is 13.1. The van der Waals surface area contributed by atoms with Crippen molar-refractivity contribution in [2.45, 2.75) is 74.0 Å². The van der Waals surface area contributed by atoms with Crippen LogP contribution in [0.15, 0.2) is 76.7 Å². The van der Waals surface area contributed by atoms with Crippen molar-refractivity contribution >= 4 is 40.4 Å². The molecule has 1 aliphatic rings. The SMILES string of the molecule is CCCCN.CN1C(=O)CNC(=O)C(CCCN)NCc2ccccc2Sc2c(F)ccc(F)c2CNC(=O)C1Cc1c[nH]c2ccccc12. The number of halogens is 2. The number of benzene rings is 3. The van der Waals surface area contributed by atoms with Gasteiger partial charge in [0.2, 0.25) is 17.7 Å². The molecule has 4 aromatic rings. The molecule has 8 N–H and O–H groups in total. The number of likely N-dealkylation sites (N-methyl/N-ethyl adjacent to an activating group) is 1. The number of rotatable bonds is 7. The third kappa shape index (κ3) is 10.1. The first-order valence-corrected chi connectivity index (χ1v) is 17.7. The number of unbranched alkanes of at least 4 members (excludes halogenated alkanes) is 1. The van der Waals surface area contributed by atoms with Crippen molar-refractivity contribution < 1.29 is 23.2 Å². The molecule has 0 spiro atoms. The summed E-state index contributed by atoms with van der Waals surface area (Å²) in [6, 6.07) is 15.3. The summed E-state index contributed by atoms with van der Waals surface area (Å²) in [6.45, 7) is 2.99. The van der Waals surface area contributed by atoms with Crippen LogP contribution >= 0.6 is 11.8 Å². The summed E-state index contributed by atoms with van der Waals surface area (Å²) >= 11 is 1.05. The van der Waals surface area contributed by atoms with Crippen molar-refractivity contribution in [2.75, 3.05) is 26.7 Å². The predicted octanol–water partition coefficient (Wildman–Crippen LogP) is 4.36. The maximum absolute atomic E-state index is 15.3. The van der Waals surface area contributed by atoms with Gasteiger partial charge in [0, 0.05) is 54.1 Å². The fraction of sp³-hybridized carbons (Fsp3) is 0.378. The number of carbonyl (C=O) groups is 3. The number of nitrogens with two attached hydrogens (primary N) is 2. The number of carbonyl (C=O) groups excluding carboxylic acids is 3. The van der Waals surface area contributed by atoms with Crippen LogP contribution < -0.4 is 27.4 Å². The highest BCUT2D eigenvalue weighted by Gasteiger charge is 2.30. The summed E-state index contributed by atoms with van der Waals surface area (Å²) in [6.07, 6.45) is 5.31. The Bertz CT molecular complexity index is 1750. The van der Waals surface area contributed by atoms with E-state index in [1.165, 1.54) is 24.8 Å². The van der Waals surface area contributed by atoms with Crippen LogP contribution in [0, 0.1) is 11.6 Å². The van der Waals surface area contributed by atoms with Gasteiger partial charge >= 0.3 is 0 Å². The van der Waals surface area contributed by atoms with Gasteiger partial charge in [-0.15, -0.1) is 0 Å². The third-order valence-corrected chi connectivity index (χ3v) is 9.82. The van der Waals surface area contributed by atoms with Crippen LogP contribution in [0.3, 0.4) is 0 Å². The molecular formula is C37H47F2N7O3S. The van der Waals surface area contributed by atoms with Crippen LogP contribution in [0.1, 0.15) is 49.3 Å². The Kier molecular flexibility index (Phi) is 14.8. The van der Waals surface area contributed by atoms with Crippen LogP contribution in [-0.2, 0) is 33.9 Å². The molecule has 0 saturated heterocycles. The standard InChI is InChI=1S/C33H36F2N6O3S.C4H11N/c1-41-28(15-21-17-37-26-9-4-3-8-22(21)26)33(44)39-18-23-24(34)12-13-25(35)31(23)45-29-11-5-2-7-20(29)16-38-27(10-6-14-36)32(43)40-19-30(41)42;1-2-3-4-5/h2-5,7-9,11-13,17,27-28,37-38H,6,10,14-16,18-19,36H2,1H3,(H,39,44)(H,40,43);2-5H2,1H3. The minimum atomic E-state index is -1.01. The molecule has 0 saturated carbocycles. The predicted molar refractivity (Wildman–Crippen MR) is 193 cm³/mol. The van der Waals surface area contributed by atoms with Crippen molar-refractivity contribution in [3.63, 3.8) is 0 Å². The molecular weight excluding hydrogens is 661 g/mol. The number of amides is 3. The Balaban J connectivity index is 0.00000105. The second kappa shape index (κ2) is 19.2. The van der Waals surface area contributed by atoms with Gasteiger partial charge < -0.3 is 37.3 Å². The zero-order valence-electron chi connectivity index (χ0n) is 28.6. The summed E-state index contributed by atoms with van der Waals surface area (Å²) in [4.78, 5) is 45.6. The molecule has 1 aromatic heterocycles. The van der Waals surface area contributed by atoms with E-state index in [0.717, 1.165) is 52.5 Å². The normalized spacial score (nSPS) is 17.6. The van der Waals surface area contributed by atoms with Gasteiger partial charge in [-0.2, -0.15) is 0 Å². The second-order valence-electron chi connectivity index (χ2n) is 12.1. The number of para-hydroxylation sites is 1. The lowest BCUT2D eigenvalue weighted by Crippen LogP contribution is -2.52. The van der Waals surface area contributed by atoms with Crippen molar-refractivity contribution in [1.29, 1.82) is 0 Å². The molecule has 0 bridgehead atoms. The molecule has 268 valence electrons. The Morgan fingerprint density at radius 3 is 2.30 bits per heavy atom. The van der Waals surface area contributed by atoms with E-state index < -0.39 is 35.5 Å². The molecule has 1 aliphatic heterocycles. The van der Waals surface area contributed by atoms with Crippen LogP contribution in [0.4, 0.5) is 8.78 Å². The first kappa shape index (κ1) is 38.5. The van der Waals surface area contributed by atoms with Gasteiger partial charge in [-0.05, 0) is 67.7 Å². The van der Waals surface area contributed by atoms with E-state index in [1.54, 1.807) is 18.3 Å². The smallest absolute Gasteiger partial charge is 0.243 e. The molecule has 10 nitrogen and oxygen atoms in total. The fourth-order valence-electron chi connectivity index (χ4n) is 5.59. The average molecular weight is 708 g/mol. The van der Waals surface area contributed by atoms with Gasteiger partial charge in [0.05, 0.1) is 17.5 Å². The summed E-state index contributed by atoms with van der Waals surface area (Å²) in [5.41, 5.74) is 13.3. The number of H-pyrrole nitrogens is 1. The Hall–Kier alpha value is -4.30. The minimum Gasteiger partial charge on any atom is -0.361 e. The minimum absolute atomic E-state index is 0.00193. The average Bonchev–Trinajstić information content (AvgIpc) is 3.53. The molecule has 0 radical (unpaired) electrons. The summed E-state index contributed by atoms with van der Waals surface area (Å²) < 4.78 is 30.6. The van der Waals surface area contributed by atoms with Crippen molar-refractivity contribution in [3.8, 4) is 0 Å². The van der Waals surface area contributed by atoms with Crippen molar-refractivity contribution in [1.82, 2.24) is 25.8 Å². The number of hydrogen-bond acceptors (Lipinski definition) is 7. The van der Waals surface area contributed by atoms with Crippen LogP contribution in [0.5, 0.6) is 0 Å². The molecule has 2 atom stereocenters. The monoisotopic (exact) mass is 707 g/mol. The zero-order chi connectivity index (χ0) is 36.0. The molecule has 0 aliphatic carbocycles. The van der Waals surface area contributed by atoms with E-state index in [4.69, 9.17) is 11.5 Å². The van der Waals surface area contributed by atoms with Gasteiger partial charge in [-0.1, -0.05) is 61.5 Å².